The molecule has 0 aromatic heterocycles. The molecule has 0 atom stereocenters. The number of benzene rings is 1. The second kappa shape index (κ2) is 6.86. The molecule has 0 aliphatic heterocycles. The van der Waals surface area contributed by atoms with Gasteiger partial charge in [0.2, 0.25) is 10.0 Å². The van der Waals surface area contributed by atoms with Gasteiger partial charge >= 0.3 is 0 Å². The molecule has 0 fully saturated rings. The van der Waals surface area contributed by atoms with E-state index in [2.05, 4.69) is 5.32 Å². The van der Waals surface area contributed by atoms with E-state index in [1.54, 1.807) is 20.9 Å². The van der Waals surface area contributed by atoms with Crippen LogP contribution in [-0.4, -0.2) is 37.3 Å². The van der Waals surface area contributed by atoms with E-state index in [1.165, 1.54) is 16.4 Å². The van der Waals surface area contributed by atoms with Gasteiger partial charge in [-0.3, -0.25) is 10.1 Å². The highest BCUT2D eigenvalue weighted by atomic mass is 32.2. The van der Waals surface area contributed by atoms with Crippen molar-refractivity contribution < 1.29 is 13.3 Å². The van der Waals surface area contributed by atoms with Gasteiger partial charge in [-0.2, -0.15) is 4.31 Å². The minimum Gasteiger partial charge on any atom is -0.387 e. The third-order valence-electron chi connectivity index (χ3n) is 3.05. The monoisotopic (exact) mass is 315 g/mol. The molecule has 0 heterocycles. The molecule has 21 heavy (non-hydrogen) atoms. The molecule has 0 radical (unpaired) electrons. The highest BCUT2D eigenvalue weighted by Gasteiger charge is 2.30. The molecule has 0 amide bonds. The molecule has 0 saturated heterocycles. The number of non-ortho nitro benzene ring substituents is 1. The van der Waals surface area contributed by atoms with Crippen LogP contribution < -0.4 is 5.32 Å². The van der Waals surface area contributed by atoms with E-state index < -0.39 is 14.9 Å². The van der Waals surface area contributed by atoms with Crippen LogP contribution in [0.5, 0.6) is 0 Å². The Hall–Kier alpha value is -1.67. The molecule has 0 bridgehead atoms. The predicted octanol–water partition coefficient (Wildman–Crippen LogP) is 2.45. The Morgan fingerprint density at radius 3 is 2.43 bits per heavy atom. The Morgan fingerprint density at radius 1 is 1.38 bits per heavy atom. The van der Waals surface area contributed by atoms with Gasteiger partial charge in [-0.25, -0.2) is 8.42 Å². The van der Waals surface area contributed by atoms with Gasteiger partial charge in [0.25, 0.3) is 5.69 Å². The summed E-state index contributed by atoms with van der Waals surface area (Å²) in [4.78, 5) is 10.2. The van der Waals surface area contributed by atoms with Gasteiger partial charge in [0.15, 0.2) is 0 Å². The third-order valence-corrected chi connectivity index (χ3v) is 5.17. The quantitative estimate of drug-likeness (QED) is 0.616. The van der Waals surface area contributed by atoms with Crippen molar-refractivity contribution in [2.45, 2.75) is 38.1 Å². The molecular weight excluding hydrogens is 294 g/mol. The molecule has 0 unspecified atom stereocenters. The summed E-state index contributed by atoms with van der Waals surface area (Å²) < 4.78 is 26.9. The molecular formula is C13H21N3O4S. The lowest BCUT2D eigenvalue weighted by molar-refractivity contribution is -0.385. The zero-order valence-electron chi connectivity index (χ0n) is 12.7. The number of nitrogens with one attached hydrogen (secondary N) is 1. The normalized spacial score (nSPS) is 11.9. The van der Waals surface area contributed by atoms with Crippen LogP contribution in [0.4, 0.5) is 11.4 Å². The second-order valence-corrected chi connectivity index (χ2v) is 6.76. The summed E-state index contributed by atoms with van der Waals surface area (Å²) >= 11 is 0. The van der Waals surface area contributed by atoms with E-state index in [9.17, 15) is 18.5 Å². The number of hydrogen-bond donors (Lipinski definition) is 1. The smallest absolute Gasteiger partial charge is 0.270 e. The van der Waals surface area contributed by atoms with Gasteiger partial charge in [-0.1, -0.05) is 6.92 Å². The fraction of sp³-hybridized carbons (Fsp3) is 0.538. The van der Waals surface area contributed by atoms with Gasteiger partial charge in [-0.05, 0) is 26.3 Å². The summed E-state index contributed by atoms with van der Waals surface area (Å²) in [5.41, 5.74) is 0.107. The van der Waals surface area contributed by atoms with E-state index in [0.29, 0.717) is 18.7 Å². The lowest BCUT2D eigenvalue weighted by Gasteiger charge is -2.26. The minimum absolute atomic E-state index is 0.0682. The lowest BCUT2D eigenvalue weighted by Crippen LogP contribution is -2.37. The van der Waals surface area contributed by atoms with E-state index in [0.717, 1.165) is 6.07 Å². The number of anilines is 1. The standard InChI is InChI=1S/C13H21N3O4S/c1-5-8-15(10(2)3)21(19,20)13-9-11(16(17)18)6-7-12(13)14-4/h6-7,9-10,14H,5,8H2,1-4H3. The maximum Gasteiger partial charge on any atom is 0.270 e. The summed E-state index contributed by atoms with van der Waals surface area (Å²) in [6.45, 7) is 5.82. The Bertz CT molecular complexity index is 614. The van der Waals surface area contributed by atoms with E-state index in [-0.39, 0.29) is 16.6 Å². The number of hydrogen-bond acceptors (Lipinski definition) is 5. The van der Waals surface area contributed by atoms with E-state index >= 15 is 0 Å². The van der Waals surface area contributed by atoms with Crippen LogP contribution in [0.3, 0.4) is 0 Å². The van der Waals surface area contributed by atoms with Crippen molar-refractivity contribution in [1.82, 2.24) is 4.31 Å². The Labute approximate surface area is 125 Å². The van der Waals surface area contributed by atoms with Gasteiger partial charge in [0, 0.05) is 31.8 Å². The fourth-order valence-electron chi connectivity index (χ4n) is 2.05. The molecule has 7 nitrogen and oxygen atoms in total. The zero-order valence-corrected chi connectivity index (χ0v) is 13.5. The summed E-state index contributed by atoms with van der Waals surface area (Å²) in [7, 11) is -2.21. The fourth-order valence-corrected chi connectivity index (χ4v) is 4.00. The van der Waals surface area contributed by atoms with Crippen molar-refractivity contribution in [1.29, 1.82) is 0 Å². The largest absolute Gasteiger partial charge is 0.387 e. The maximum absolute atomic E-state index is 12.8. The molecule has 1 aromatic carbocycles. The average Bonchev–Trinajstić information content (AvgIpc) is 2.43. The molecule has 0 aliphatic rings. The molecule has 1 rings (SSSR count). The van der Waals surface area contributed by atoms with Crippen molar-refractivity contribution >= 4 is 21.4 Å². The Kier molecular flexibility index (Phi) is 5.68. The van der Waals surface area contributed by atoms with Crippen LogP contribution >= 0.6 is 0 Å². The van der Waals surface area contributed by atoms with Crippen LogP contribution in [0.1, 0.15) is 27.2 Å². The topological polar surface area (TPSA) is 92.5 Å². The van der Waals surface area contributed by atoms with Gasteiger partial charge < -0.3 is 5.32 Å². The van der Waals surface area contributed by atoms with Crippen LogP contribution in [0.15, 0.2) is 23.1 Å². The molecule has 8 heteroatoms. The van der Waals surface area contributed by atoms with Crippen molar-refractivity contribution in [2.24, 2.45) is 0 Å². The average molecular weight is 315 g/mol. The molecule has 1 N–H and O–H groups in total. The summed E-state index contributed by atoms with van der Waals surface area (Å²) in [6, 6.07) is 3.57. The molecule has 1 aromatic rings. The van der Waals surface area contributed by atoms with Crippen LogP contribution in [0.2, 0.25) is 0 Å². The zero-order chi connectivity index (χ0) is 16.2. The Balaban J connectivity index is 3.47. The first-order valence-corrected chi connectivity index (χ1v) is 8.17. The van der Waals surface area contributed by atoms with Crippen molar-refractivity contribution in [2.75, 3.05) is 18.9 Å². The third kappa shape index (κ3) is 3.70. The molecule has 0 saturated carbocycles. The lowest BCUT2D eigenvalue weighted by atomic mass is 10.3. The van der Waals surface area contributed by atoms with E-state index in [4.69, 9.17) is 0 Å². The van der Waals surface area contributed by atoms with E-state index in [1.807, 2.05) is 6.92 Å². The number of nitro groups is 1. The number of sulfonamides is 1. The second-order valence-electron chi connectivity index (χ2n) is 4.90. The van der Waals surface area contributed by atoms with Crippen LogP contribution in [-0.2, 0) is 10.0 Å². The molecule has 0 aliphatic carbocycles. The first-order valence-electron chi connectivity index (χ1n) is 6.73. The van der Waals surface area contributed by atoms with Gasteiger partial charge in [-0.15, -0.1) is 0 Å². The first kappa shape index (κ1) is 17.4. The summed E-state index contributed by atoms with van der Waals surface area (Å²) in [5.74, 6) is 0. The molecule has 0 spiro atoms. The minimum atomic E-state index is -3.79. The highest BCUT2D eigenvalue weighted by molar-refractivity contribution is 7.89. The highest BCUT2D eigenvalue weighted by Crippen LogP contribution is 2.29. The van der Waals surface area contributed by atoms with Crippen LogP contribution in [0.25, 0.3) is 0 Å². The van der Waals surface area contributed by atoms with Crippen molar-refractivity contribution in [3.63, 3.8) is 0 Å². The summed E-state index contributed by atoms with van der Waals surface area (Å²) in [6.07, 6.45) is 0.668. The van der Waals surface area contributed by atoms with Crippen molar-refractivity contribution in [3.8, 4) is 0 Å². The van der Waals surface area contributed by atoms with Crippen molar-refractivity contribution in [3.05, 3.63) is 28.3 Å². The Morgan fingerprint density at radius 2 is 2.00 bits per heavy atom. The van der Waals surface area contributed by atoms with Gasteiger partial charge in [0.05, 0.1) is 10.6 Å². The number of nitro benzene ring substituents is 1. The predicted molar refractivity (Wildman–Crippen MR) is 82.0 cm³/mol. The SMILES string of the molecule is CCCN(C(C)C)S(=O)(=O)c1cc([N+](=O)[O-])ccc1NC. The van der Waals surface area contributed by atoms with Crippen LogP contribution in [0, 0.1) is 10.1 Å². The number of rotatable bonds is 7. The maximum atomic E-state index is 12.8. The summed E-state index contributed by atoms with van der Waals surface area (Å²) in [5, 5.41) is 13.7. The number of nitrogens with zero attached hydrogens (tertiary/aromatic N) is 2. The van der Waals surface area contributed by atoms with Gasteiger partial charge in [0.1, 0.15) is 4.90 Å². The molecule has 118 valence electrons. The first-order chi connectivity index (χ1) is 9.75.